The Morgan fingerprint density at radius 3 is 2.05 bits per heavy atom. The van der Waals surface area contributed by atoms with E-state index in [-0.39, 0.29) is 0 Å². The normalized spacial score (nSPS) is 27.6. The molecule has 3 N–H and O–H groups in total. The lowest BCUT2D eigenvalue weighted by molar-refractivity contribution is 0.107. The van der Waals surface area contributed by atoms with E-state index in [1.54, 1.807) is 12.1 Å². The summed E-state index contributed by atoms with van der Waals surface area (Å²) in [7, 11) is 0. The molecular weight excluding hydrogens is 307 g/mol. The first kappa shape index (κ1) is 15.4. The molecule has 3 aliphatic rings. The summed E-state index contributed by atoms with van der Waals surface area (Å²) in [5.41, 5.74) is 6.87. The Morgan fingerprint density at radius 1 is 1.10 bits per heavy atom. The molecule has 3 fully saturated rings. The Kier molecular flexibility index (Phi) is 4.65. The van der Waals surface area contributed by atoms with Crippen molar-refractivity contribution in [3.05, 3.63) is 27.7 Å². The van der Waals surface area contributed by atoms with Crippen molar-refractivity contribution in [2.45, 2.75) is 31.8 Å². The molecule has 2 saturated heterocycles. The van der Waals surface area contributed by atoms with Gasteiger partial charge in [-0.05, 0) is 55.2 Å². The molecule has 116 valence electrons. The van der Waals surface area contributed by atoms with Crippen LogP contribution >= 0.6 is 23.2 Å². The summed E-state index contributed by atoms with van der Waals surface area (Å²) in [4.78, 5) is 2.40. The number of aliphatic hydroxyl groups is 1. The molecule has 0 amide bonds. The summed E-state index contributed by atoms with van der Waals surface area (Å²) in [5.74, 6) is 1.60. The van der Waals surface area contributed by atoms with Crippen LogP contribution in [-0.2, 0) is 0 Å². The third-order valence-corrected chi connectivity index (χ3v) is 5.54. The van der Waals surface area contributed by atoms with Crippen LogP contribution in [0.15, 0.2) is 12.1 Å². The number of aliphatic hydroxyl groups excluding tert-OH is 1. The zero-order valence-electron chi connectivity index (χ0n) is 12.1. The number of hydrogen-bond donors (Lipinski definition) is 2. The molecule has 1 saturated carbocycles. The molecule has 4 rings (SSSR count). The molecule has 2 aliphatic heterocycles. The van der Waals surface area contributed by atoms with Crippen molar-refractivity contribution in [2.75, 3.05) is 25.4 Å². The summed E-state index contributed by atoms with van der Waals surface area (Å²) >= 11 is 12.1. The number of nitrogens with zero attached hydrogens (tertiary/aromatic N) is 1. The zero-order valence-corrected chi connectivity index (χ0v) is 13.6. The highest BCUT2D eigenvalue weighted by Gasteiger charge is 2.30. The number of benzene rings is 1. The first-order chi connectivity index (χ1) is 10.0. The van der Waals surface area contributed by atoms with Gasteiger partial charge in [0.25, 0.3) is 0 Å². The number of halogens is 2. The van der Waals surface area contributed by atoms with Crippen molar-refractivity contribution >= 4 is 28.9 Å². The molecular formula is C16H22Cl2N2O. The molecule has 0 spiro atoms. The summed E-state index contributed by atoms with van der Waals surface area (Å²) in [6.07, 6.45) is 4.80. The number of hydrogen-bond acceptors (Lipinski definition) is 3. The van der Waals surface area contributed by atoms with Crippen LogP contribution in [0.25, 0.3) is 0 Å². The average molecular weight is 329 g/mol. The van der Waals surface area contributed by atoms with Crippen molar-refractivity contribution in [3.8, 4) is 0 Å². The van der Waals surface area contributed by atoms with E-state index in [1.807, 2.05) is 0 Å². The number of nitrogens with two attached hydrogens (primary N) is 1. The van der Waals surface area contributed by atoms with Crippen LogP contribution in [0.2, 0.25) is 10.0 Å². The van der Waals surface area contributed by atoms with Gasteiger partial charge in [-0.25, -0.2) is 0 Å². The van der Waals surface area contributed by atoms with Gasteiger partial charge in [-0.3, -0.25) is 4.90 Å². The van der Waals surface area contributed by atoms with Gasteiger partial charge in [-0.15, -0.1) is 0 Å². The van der Waals surface area contributed by atoms with Crippen molar-refractivity contribution in [3.63, 3.8) is 0 Å². The number of rotatable bonds is 3. The van der Waals surface area contributed by atoms with Crippen LogP contribution in [0.4, 0.5) is 5.69 Å². The lowest BCUT2D eigenvalue weighted by atomic mass is 9.84. The Bertz CT molecular complexity index is 478. The van der Waals surface area contributed by atoms with Gasteiger partial charge in [0.2, 0.25) is 0 Å². The first-order valence-electron chi connectivity index (χ1n) is 7.67. The molecule has 1 atom stereocenters. The van der Waals surface area contributed by atoms with E-state index in [0.717, 1.165) is 30.5 Å². The maximum atomic E-state index is 10.5. The molecule has 21 heavy (non-hydrogen) atoms. The summed E-state index contributed by atoms with van der Waals surface area (Å²) in [6, 6.07) is 3.44. The van der Waals surface area contributed by atoms with Gasteiger partial charge in [-0.1, -0.05) is 23.2 Å². The third-order valence-electron chi connectivity index (χ3n) is 4.92. The molecule has 0 radical (unpaired) electrons. The van der Waals surface area contributed by atoms with E-state index in [4.69, 9.17) is 28.9 Å². The molecule has 1 aromatic carbocycles. The molecule has 0 aromatic heterocycles. The molecule has 1 unspecified atom stereocenters. The Morgan fingerprint density at radius 2 is 1.57 bits per heavy atom. The predicted octanol–water partition coefficient (Wildman–Crippen LogP) is 3.73. The number of nitrogen functional groups attached to an aromatic ring is 1. The Balaban J connectivity index is 1.70. The van der Waals surface area contributed by atoms with Gasteiger partial charge in [-0.2, -0.15) is 0 Å². The monoisotopic (exact) mass is 328 g/mol. The highest BCUT2D eigenvalue weighted by Crippen LogP contribution is 2.35. The van der Waals surface area contributed by atoms with E-state index in [0.29, 0.717) is 22.3 Å². The molecule has 3 nitrogen and oxygen atoms in total. The van der Waals surface area contributed by atoms with Crippen molar-refractivity contribution in [2.24, 2.45) is 11.8 Å². The molecule has 5 heteroatoms. The van der Waals surface area contributed by atoms with Crippen molar-refractivity contribution in [1.82, 2.24) is 4.90 Å². The Hall–Kier alpha value is -0.480. The molecule has 1 aromatic rings. The summed E-state index contributed by atoms with van der Waals surface area (Å²) in [5, 5.41) is 11.3. The van der Waals surface area contributed by atoms with Crippen LogP contribution in [0.5, 0.6) is 0 Å². The van der Waals surface area contributed by atoms with Crippen LogP contribution < -0.4 is 5.73 Å². The second kappa shape index (κ2) is 6.33. The fourth-order valence-electron chi connectivity index (χ4n) is 3.70. The fraction of sp³-hybridized carbons (Fsp3) is 0.625. The second-order valence-electron chi connectivity index (χ2n) is 6.52. The van der Waals surface area contributed by atoms with Gasteiger partial charge >= 0.3 is 0 Å². The highest BCUT2D eigenvalue weighted by atomic mass is 35.5. The van der Waals surface area contributed by atoms with Crippen molar-refractivity contribution < 1.29 is 5.11 Å². The van der Waals surface area contributed by atoms with Gasteiger partial charge in [0.05, 0.1) is 21.8 Å². The third kappa shape index (κ3) is 3.48. The maximum Gasteiger partial charge on any atom is 0.0917 e. The minimum absolute atomic E-state index is 0.377. The number of fused-ring (bicyclic) bond motifs is 4. The van der Waals surface area contributed by atoms with Gasteiger partial charge in [0.1, 0.15) is 0 Å². The molecule has 1 aliphatic carbocycles. The van der Waals surface area contributed by atoms with Gasteiger partial charge in [0.15, 0.2) is 0 Å². The summed E-state index contributed by atoms with van der Waals surface area (Å²) in [6.45, 7) is 2.84. The smallest absolute Gasteiger partial charge is 0.0917 e. The standard InChI is InChI=1S/C16H22Cl2N2O/c17-13-5-12(6-14(18)16(13)19)15(21)9-20-7-10-1-2-11(8-20)4-3-10/h5-6,10-11,15,21H,1-4,7-9,19H2. The zero-order chi connectivity index (χ0) is 15.0. The summed E-state index contributed by atoms with van der Waals surface area (Å²) < 4.78 is 0. The molecule has 2 heterocycles. The predicted molar refractivity (Wildman–Crippen MR) is 87.7 cm³/mol. The van der Waals surface area contributed by atoms with Gasteiger partial charge in [0, 0.05) is 19.6 Å². The fourth-order valence-corrected chi connectivity index (χ4v) is 4.20. The van der Waals surface area contributed by atoms with Gasteiger partial charge < -0.3 is 10.8 Å². The van der Waals surface area contributed by atoms with E-state index in [9.17, 15) is 5.11 Å². The van der Waals surface area contributed by atoms with Crippen LogP contribution in [0, 0.1) is 11.8 Å². The minimum atomic E-state index is -0.571. The first-order valence-corrected chi connectivity index (χ1v) is 8.43. The van der Waals surface area contributed by atoms with Crippen LogP contribution in [0.3, 0.4) is 0 Å². The van der Waals surface area contributed by atoms with Crippen molar-refractivity contribution in [1.29, 1.82) is 0 Å². The van der Waals surface area contributed by atoms with Crippen LogP contribution in [0.1, 0.15) is 37.4 Å². The lowest BCUT2D eigenvalue weighted by Crippen LogP contribution is -2.32. The largest absolute Gasteiger partial charge is 0.396 e. The SMILES string of the molecule is Nc1c(Cl)cc(C(O)CN2CC3CCC(CC3)C2)cc1Cl. The van der Waals surface area contributed by atoms with Crippen LogP contribution in [-0.4, -0.2) is 29.6 Å². The lowest BCUT2D eigenvalue weighted by Gasteiger charge is -2.25. The maximum absolute atomic E-state index is 10.5. The second-order valence-corrected chi connectivity index (χ2v) is 7.33. The number of anilines is 1. The van der Waals surface area contributed by atoms with E-state index in [2.05, 4.69) is 4.90 Å². The Labute approximate surface area is 136 Å². The van der Waals surface area contributed by atoms with E-state index < -0.39 is 6.10 Å². The molecule has 2 bridgehead atoms. The topological polar surface area (TPSA) is 49.5 Å². The quantitative estimate of drug-likeness (QED) is 0.831. The average Bonchev–Trinajstić information content (AvgIpc) is 2.76. The van der Waals surface area contributed by atoms with E-state index >= 15 is 0 Å². The highest BCUT2D eigenvalue weighted by molar-refractivity contribution is 6.38. The minimum Gasteiger partial charge on any atom is -0.396 e. The van der Waals surface area contributed by atoms with E-state index in [1.165, 1.54) is 25.7 Å².